The van der Waals surface area contributed by atoms with Crippen molar-refractivity contribution in [2.75, 3.05) is 0 Å². The molecule has 4 aromatic heterocycles. The maximum Gasteiger partial charge on any atom is 0.164 e. The van der Waals surface area contributed by atoms with Crippen LogP contribution in [0.1, 0.15) is 0 Å². The van der Waals surface area contributed by atoms with Crippen LogP contribution in [0.4, 0.5) is 0 Å². The van der Waals surface area contributed by atoms with Crippen LogP contribution in [0.15, 0.2) is 267 Å². The molecule has 0 unspecified atom stereocenters. The third kappa shape index (κ3) is 6.99. The van der Waals surface area contributed by atoms with Crippen LogP contribution < -0.4 is 0 Å². The molecule has 0 atom stereocenters. The summed E-state index contributed by atoms with van der Waals surface area (Å²) in [4.78, 5) is 15.2. The first-order valence-electron chi connectivity index (χ1n) is 25.4. The van der Waals surface area contributed by atoms with Gasteiger partial charge in [-0.2, -0.15) is 0 Å². The fraction of sp³-hybridized carbons (Fsp3) is 0. The SMILES string of the molecule is c1ccc(-c2nc(-c3ccccc3)nc(-c3cccc(-c4ccc(-n5c6ccccc6c6ccccc65)c(-c5ccc6c(c5)c5ccc(-n7c8ccccc8c8ccccc87)cc5n6-c5ccccc5)c4)c3)n2)cc1. The Kier molecular flexibility index (Phi) is 9.78. The maximum atomic E-state index is 5.10. The van der Waals surface area contributed by atoms with Crippen LogP contribution in [0.2, 0.25) is 0 Å². The molecule has 15 rings (SSSR count). The molecule has 0 bridgehead atoms. The average Bonchev–Trinajstić information content (AvgIpc) is 4.13. The molecule has 11 aromatic carbocycles. The van der Waals surface area contributed by atoms with Gasteiger partial charge in [0.15, 0.2) is 17.5 Å². The quantitative estimate of drug-likeness (QED) is 0.152. The van der Waals surface area contributed by atoms with Crippen LogP contribution >= 0.6 is 0 Å². The van der Waals surface area contributed by atoms with Gasteiger partial charge < -0.3 is 13.7 Å². The lowest BCUT2D eigenvalue weighted by atomic mass is 9.95. The maximum absolute atomic E-state index is 5.10. The van der Waals surface area contributed by atoms with Crippen molar-refractivity contribution in [1.82, 2.24) is 28.7 Å². The lowest BCUT2D eigenvalue weighted by Gasteiger charge is -2.17. The van der Waals surface area contributed by atoms with Gasteiger partial charge in [0, 0.05) is 65.9 Å². The van der Waals surface area contributed by atoms with Gasteiger partial charge in [-0.05, 0) is 95.6 Å². The van der Waals surface area contributed by atoms with E-state index in [1.54, 1.807) is 0 Å². The molecule has 0 aliphatic carbocycles. The van der Waals surface area contributed by atoms with Crippen LogP contribution in [0.25, 0.3) is 139 Å². The third-order valence-electron chi connectivity index (χ3n) is 14.9. The molecular formula is C69H44N6. The second-order valence-corrected chi connectivity index (χ2v) is 19.2. The molecule has 0 fully saturated rings. The van der Waals surface area contributed by atoms with Gasteiger partial charge in [0.05, 0.1) is 38.8 Å². The summed E-state index contributed by atoms with van der Waals surface area (Å²) in [6, 6.07) is 95.6. The number of aromatic nitrogens is 6. The van der Waals surface area contributed by atoms with E-state index in [2.05, 4.69) is 220 Å². The largest absolute Gasteiger partial charge is 0.309 e. The highest BCUT2D eigenvalue weighted by atomic mass is 15.0. The monoisotopic (exact) mass is 956 g/mol. The first-order valence-corrected chi connectivity index (χ1v) is 25.4. The van der Waals surface area contributed by atoms with Crippen molar-refractivity contribution in [3.8, 4) is 73.5 Å². The Hall–Kier alpha value is -10.2. The summed E-state index contributed by atoms with van der Waals surface area (Å²) in [5.74, 6) is 1.89. The Labute approximate surface area is 432 Å². The van der Waals surface area contributed by atoms with Crippen LogP contribution in [0.5, 0.6) is 0 Å². The summed E-state index contributed by atoms with van der Waals surface area (Å²) >= 11 is 0. The van der Waals surface area contributed by atoms with Crippen LogP contribution in [-0.4, -0.2) is 28.7 Å². The highest BCUT2D eigenvalue weighted by Gasteiger charge is 2.21. The number of nitrogens with zero attached hydrogens (tertiary/aromatic N) is 6. The predicted octanol–water partition coefficient (Wildman–Crippen LogP) is 17.5. The molecule has 0 aliphatic heterocycles. The first kappa shape index (κ1) is 42.5. The summed E-state index contributed by atoms with van der Waals surface area (Å²) in [6.45, 7) is 0. The molecule has 0 amide bonds. The lowest BCUT2D eigenvalue weighted by molar-refractivity contribution is 1.07. The van der Waals surface area contributed by atoms with Crippen LogP contribution in [0, 0.1) is 0 Å². The topological polar surface area (TPSA) is 53.5 Å². The Morgan fingerprint density at radius 3 is 1.23 bits per heavy atom. The van der Waals surface area contributed by atoms with Crippen molar-refractivity contribution in [2.24, 2.45) is 0 Å². The van der Waals surface area contributed by atoms with Gasteiger partial charge in [-0.15, -0.1) is 0 Å². The van der Waals surface area contributed by atoms with E-state index in [0.717, 1.165) is 78.1 Å². The zero-order valence-corrected chi connectivity index (χ0v) is 40.6. The van der Waals surface area contributed by atoms with Crippen LogP contribution in [-0.2, 0) is 0 Å². The molecule has 15 aromatic rings. The highest BCUT2D eigenvalue weighted by molar-refractivity contribution is 6.14. The second-order valence-electron chi connectivity index (χ2n) is 19.2. The van der Waals surface area contributed by atoms with Gasteiger partial charge in [-0.25, -0.2) is 15.0 Å². The number of benzene rings is 11. The van der Waals surface area contributed by atoms with Gasteiger partial charge in [-0.3, -0.25) is 0 Å². The van der Waals surface area contributed by atoms with Crippen LogP contribution in [0.3, 0.4) is 0 Å². The zero-order valence-electron chi connectivity index (χ0n) is 40.6. The van der Waals surface area contributed by atoms with E-state index in [9.17, 15) is 0 Å². The highest BCUT2D eigenvalue weighted by Crippen LogP contribution is 2.43. The normalized spacial score (nSPS) is 11.7. The molecule has 350 valence electrons. The second kappa shape index (κ2) is 17.3. The molecule has 0 saturated heterocycles. The van der Waals surface area contributed by atoms with Crippen molar-refractivity contribution in [2.45, 2.75) is 0 Å². The number of hydrogen-bond acceptors (Lipinski definition) is 3. The van der Waals surface area contributed by atoms with Gasteiger partial charge in [-0.1, -0.05) is 188 Å². The minimum Gasteiger partial charge on any atom is -0.309 e. The molecule has 6 heteroatoms. The molecular weight excluding hydrogens is 913 g/mol. The summed E-state index contributed by atoms with van der Waals surface area (Å²) in [7, 11) is 0. The Bertz CT molecular complexity index is 4540. The molecule has 6 nitrogen and oxygen atoms in total. The molecule has 0 aliphatic rings. The van der Waals surface area contributed by atoms with Gasteiger partial charge in [0.25, 0.3) is 0 Å². The summed E-state index contributed by atoms with van der Waals surface area (Å²) in [6.07, 6.45) is 0. The molecule has 4 heterocycles. The van der Waals surface area contributed by atoms with Crippen molar-refractivity contribution in [3.05, 3.63) is 267 Å². The summed E-state index contributed by atoms with van der Waals surface area (Å²) in [5, 5.41) is 7.30. The van der Waals surface area contributed by atoms with E-state index in [1.165, 1.54) is 43.4 Å². The van der Waals surface area contributed by atoms with Gasteiger partial charge >= 0.3 is 0 Å². The fourth-order valence-electron chi connectivity index (χ4n) is 11.5. The van der Waals surface area contributed by atoms with E-state index in [0.29, 0.717) is 17.5 Å². The minimum absolute atomic E-state index is 0.619. The average molecular weight is 957 g/mol. The molecule has 75 heavy (non-hydrogen) atoms. The standard InChI is InChI=1S/C69H44N6/c1-4-19-45(20-5-1)67-70-68(46-21-6-2-7-22-46)72-69(71-67)50-24-18-23-47(41-50)48-35-39-64(75-62-33-16-12-29-55(62)56-30-13-17-34-63(56)75)58(42-48)49-36-40-65-59(43-49)57-38-37-52(44-66(57)73(65)51-25-8-3-9-26-51)74-60-31-14-10-27-53(60)54-28-11-15-32-61(54)74/h1-44H. The minimum atomic E-state index is 0.619. The first-order chi connectivity index (χ1) is 37.2. The number of rotatable bonds is 8. The van der Waals surface area contributed by atoms with Crippen molar-refractivity contribution in [1.29, 1.82) is 0 Å². The van der Waals surface area contributed by atoms with Gasteiger partial charge in [0.1, 0.15) is 0 Å². The smallest absolute Gasteiger partial charge is 0.164 e. The molecule has 0 saturated carbocycles. The van der Waals surface area contributed by atoms with E-state index in [4.69, 9.17) is 15.0 Å². The predicted molar refractivity (Wildman–Crippen MR) is 310 cm³/mol. The fourth-order valence-corrected chi connectivity index (χ4v) is 11.5. The van der Waals surface area contributed by atoms with Crippen molar-refractivity contribution >= 4 is 65.4 Å². The van der Waals surface area contributed by atoms with Crippen molar-refractivity contribution in [3.63, 3.8) is 0 Å². The molecule has 0 spiro atoms. The third-order valence-corrected chi connectivity index (χ3v) is 14.9. The number of fused-ring (bicyclic) bond motifs is 9. The van der Waals surface area contributed by atoms with E-state index >= 15 is 0 Å². The Morgan fingerprint density at radius 1 is 0.213 bits per heavy atom. The van der Waals surface area contributed by atoms with Gasteiger partial charge in [0.2, 0.25) is 0 Å². The number of para-hydroxylation sites is 5. The lowest BCUT2D eigenvalue weighted by Crippen LogP contribution is -2.00. The zero-order chi connectivity index (χ0) is 49.4. The summed E-state index contributed by atoms with van der Waals surface area (Å²) in [5.41, 5.74) is 17.5. The molecule has 0 radical (unpaired) electrons. The van der Waals surface area contributed by atoms with Crippen molar-refractivity contribution < 1.29 is 0 Å². The molecule has 0 N–H and O–H groups in total. The van der Waals surface area contributed by atoms with E-state index in [1.807, 2.05) is 60.7 Å². The Morgan fingerprint density at radius 2 is 0.640 bits per heavy atom. The van der Waals surface area contributed by atoms with E-state index < -0.39 is 0 Å². The number of hydrogen-bond donors (Lipinski definition) is 0. The Balaban J connectivity index is 0.942. The van der Waals surface area contributed by atoms with E-state index in [-0.39, 0.29) is 0 Å². The summed E-state index contributed by atoms with van der Waals surface area (Å²) < 4.78 is 7.28.